The van der Waals surface area contributed by atoms with Gasteiger partial charge in [0.1, 0.15) is 5.75 Å². The number of aromatic nitrogens is 1. The second-order valence-corrected chi connectivity index (χ2v) is 7.53. The molecule has 1 fully saturated rings. The van der Waals surface area contributed by atoms with Crippen molar-refractivity contribution in [1.82, 2.24) is 10.3 Å². The van der Waals surface area contributed by atoms with Crippen LogP contribution in [-0.2, 0) is 4.79 Å². The molecule has 1 amide bonds. The number of aryl methyl sites for hydroxylation is 1. The lowest BCUT2D eigenvalue weighted by Gasteiger charge is -2.07. The third-order valence-electron chi connectivity index (χ3n) is 4.42. The summed E-state index contributed by atoms with van der Waals surface area (Å²) in [5.41, 5.74) is 1.96. The van der Waals surface area contributed by atoms with Crippen LogP contribution in [0.4, 0.5) is 5.13 Å². The summed E-state index contributed by atoms with van der Waals surface area (Å²) < 4.78 is 5.47. The summed E-state index contributed by atoms with van der Waals surface area (Å²) in [7, 11) is 0. The molecule has 2 heterocycles. The molecule has 7 heteroatoms. The van der Waals surface area contributed by atoms with Gasteiger partial charge in [0.15, 0.2) is 5.13 Å². The highest BCUT2D eigenvalue weighted by Crippen LogP contribution is 2.31. The summed E-state index contributed by atoms with van der Waals surface area (Å²) in [5.74, 6) is 1.54. The first-order valence-electron chi connectivity index (χ1n) is 8.87. The molecule has 0 spiro atoms. The van der Waals surface area contributed by atoms with Gasteiger partial charge in [-0.2, -0.15) is 0 Å². The Bertz CT molecular complexity index is 712. The van der Waals surface area contributed by atoms with E-state index in [0.29, 0.717) is 24.1 Å². The highest BCUT2D eigenvalue weighted by atomic mass is 35.5. The van der Waals surface area contributed by atoms with E-state index in [-0.39, 0.29) is 18.3 Å². The minimum Gasteiger partial charge on any atom is -0.494 e. The average Bonchev–Trinajstić information content (AvgIpc) is 3.24. The Labute approximate surface area is 165 Å². The molecule has 5 nitrogen and oxygen atoms in total. The van der Waals surface area contributed by atoms with Gasteiger partial charge in [0, 0.05) is 16.9 Å². The molecule has 26 heavy (non-hydrogen) atoms. The monoisotopic (exact) mass is 395 g/mol. The minimum absolute atomic E-state index is 0. The fraction of sp³-hybridized carbons (Fsp3) is 0.474. The maximum absolute atomic E-state index is 12.2. The fourth-order valence-electron chi connectivity index (χ4n) is 3.07. The summed E-state index contributed by atoms with van der Waals surface area (Å²) >= 11 is 1.52. The molecule has 3 rings (SSSR count). The maximum atomic E-state index is 12.2. The van der Waals surface area contributed by atoms with Gasteiger partial charge in [-0.05, 0) is 70.0 Å². The van der Waals surface area contributed by atoms with Crippen molar-refractivity contribution in [2.75, 3.05) is 25.0 Å². The zero-order chi connectivity index (χ0) is 17.6. The van der Waals surface area contributed by atoms with E-state index in [1.807, 2.05) is 38.1 Å². The van der Waals surface area contributed by atoms with Crippen molar-refractivity contribution >= 4 is 34.8 Å². The summed E-state index contributed by atoms with van der Waals surface area (Å²) in [6.07, 6.45) is 2.67. The van der Waals surface area contributed by atoms with E-state index < -0.39 is 0 Å². The van der Waals surface area contributed by atoms with Gasteiger partial charge in [0.05, 0.1) is 12.3 Å². The fourth-order valence-corrected chi connectivity index (χ4v) is 3.92. The number of nitrogens with one attached hydrogen (secondary N) is 2. The highest BCUT2D eigenvalue weighted by molar-refractivity contribution is 7.16. The summed E-state index contributed by atoms with van der Waals surface area (Å²) in [5, 5.41) is 6.96. The zero-order valence-electron chi connectivity index (χ0n) is 15.2. The van der Waals surface area contributed by atoms with Crippen LogP contribution in [0.2, 0.25) is 0 Å². The number of hydrogen-bond donors (Lipinski definition) is 2. The van der Waals surface area contributed by atoms with E-state index in [0.717, 1.165) is 41.4 Å². The van der Waals surface area contributed by atoms with Gasteiger partial charge < -0.3 is 15.4 Å². The van der Waals surface area contributed by atoms with Crippen LogP contribution in [0.25, 0.3) is 11.3 Å². The normalized spacial score (nSPS) is 16.2. The van der Waals surface area contributed by atoms with Gasteiger partial charge in [0.2, 0.25) is 5.91 Å². The van der Waals surface area contributed by atoms with E-state index in [1.54, 1.807) is 0 Å². The first-order chi connectivity index (χ1) is 12.2. The smallest absolute Gasteiger partial charge is 0.226 e. The number of nitrogens with zero attached hydrogens (tertiary/aromatic N) is 1. The van der Waals surface area contributed by atoms with E-state index in [2.05, 4.69) is 15.6 Å². The summed E-state index contributed by atoms with van der Waals surface area (Å²) in [6.45, 7) is 6.76. The quantitative estimate of drug-likeness (QED) is 0.734. The van der Waals surface area contributed by atoms with E-state index in [1.165, 1.54) is 17.8 Å². The molecule has 142 valence electrons. The minimum atomic E-state index is 0. The van der Waals surface area contributed by atoms with Gasteiger partial charge in [0.25, 0.3) is 0 Å². The molecular formula is C19H26ClN3O2S. The van der Waals surface area contributed by atoms with Gasteiger partial charge in [-0.15, -0.1) is 23.7 Å². The molecule has 0 radical (unpaired) electrons. The number of carbonyl (C=O) groups excluding carboxylic acids is 1. The molecular weight excluding hydrogens is 370 g/mol. The van der Waals surface area contributed by atoms with Crippen LogP contribution in [0, 0.1) is 12.8 Å². The second-order valence-electron chi connectivity index (χ2n) is 6.33. The number of carbonyl (C=O) groups is 1. The van der Waals surface area contributed by atoms with Gasteiger partial charge in [-0.3, -0.25) is 4.79 Å². The molecule has 1 unspecified atom stereocenters. The number of hydrogen-bond acceptors (Lipinski definition) is 5. The standard InChI is InChI=1S/C19H25N3O2S.ClH/c1-3-24-16-7-5-15(6-8-16)18-13(2)25-19(22-18)21-17(23)9-4-14-10-11-20-12-14;/h5-8,14,20H,3-4,9-12H2,1-2H3,(H,21,22,23);1H. The van der Waals surface area contributed by atoms with Crippen molar-refractivity contribution in [3.63, 3.8) is 0 Å². The molecule has 1 atom stereocenters. The highest BCUT2D eigenvalue weighted by Gasteiger charge is 2.17. The zero-order valence-corrected chi connectivity index (χ0v) is 16.8. The van der Waals surface area contributed by atoms with Crippen LogP contribution in [0.3, 0.4) is 0 Å². The maximum Gasteiger partial charge on any atom is 0.226 e. The lowest BCUT2D eigenvalue weighted by molar-refractivity contribution is -0.116. The predicted octanol–water partition coefficient (Wildman–Crippen LogP) is 4.27. The Morgan fingerprint density at radius 3 is 2.81 bits per heavy atom. The second kappa shape index (κ2) is 9.90. The number of benzene rings is 1. The van der Waals surface area contributed by atoms with Crippen LogP contribution < -0.4 is 15.4 Å². The van der Waals surface area contributed by atoms with Crippen LogP contribution >= 0.6 is 23.7 Å². The van der Waals surface area contributed by atoms with Crippen LogP contribution in [0.5, 0.6) is 5.75 Å². The van der Waals surface area contributed by atoms with Crippen LogP contribution in [-0.4, -0.2) is 30.6 Å². The predicted molar refractivity (Wildman–Crippen MR) is 110 cm³/mol. The Morgan fingerprint density at radius 2 is 2.15 bits per heavy atom. The van der Waals surface area contributed by atoms with E-state index >= 15 is 0 Å². The Balaban J connectivity index is 0.00000243. The lowest BCUT2D eigenvalue weighted by atomic mass is 10.0. The number of anilines is 1. The first kappa shape index (κ1) is 20.7. The molecule has 1 aliphatic rings. The van der Waals surface area contributed by atoms with Gasteiger partial charge >= 0.3 is 0 Å². The molecule has 0 bridgehead atoms. The van der Waals surface area contributed by atoms with E-state index in [4.69, 9.17) is 4.74 Å². The first-order valence-corrected chi connectivity index (χ1v) is 9.68. The Kier molecular flexibility index (Phi) is 7.87. The Morgan fingerprint density at radius 1 is 1.38 bits per heavy atom. The third kappa shape index (κ3) is 5.43. The van der Waals surface area contributed by atoms with Gasteiger partial charge in [-0.1, -0.05) is 0 Å². The van der Waals surface area contributed by atoms with Crippen molar-refractivity contribution in [2.45, 2.75) is 33.1 Å². The molecule has 0 saturated carbocycles. The van der Waals surface area contributed by atoms with E-state index in [9.17, 15) is 4.79 Å². The van der Waals surface area contributed by atoms with Gasteiger partial charge in [-0.25, -0.2) is 4.98 Å². The molecule has 2 aromatic rings. The topological polar surface area (TPSA) is 63.2 Å². The van der Waals surface area contributed by atoms with Crippen molar-refractivity contribution in [3.8, 4) is 17.0 Å². The number of thiazole rings is 1. The van der Waals surface area contributed by atoms with Crippen molar-refractivity contribution in [1.29, 1.82) is 0 Å². The SMILES string of the molecule is CCOc1ccc(-c2nc(NC(=O)CCC3CCNC3)sc2C)cc1.Cl. The van der Waals surface area contributed by atoms with Crippen LogP contribution in [0.15, 0.2) is 24.3 Å². The molecule has 1 aromatic heterocycles. The molecule has 1 saturated heterocycles. The lowest BCUT2D eigenvalue weighted by Crippen LogP contribution is -2.14. The molecule has 1 aromatic carbocycles. The Hall–Kier alpha value is -1.63. The summed E-state index contributed by atoms with van der Waals surface area (Å²) in [4.78, 5) is 17.9. The number of halogens is 1. The number of ether oxygens (including phenoxy) is 1. The van der Waals surface area contributed by atoms with Crippen molar-refractivity contribution in [3.05, 3.63) is 29.1 Å². The molecule has 0 aliphatic carbocycles. The molecule has 1 aliphatic heterocycles. The van der Waals surface area contributed by atoms with Crippen molar-refractivity contribution in [2.24, 2.45) is 5.92 Å². The summed E-state index contributed by atoms with van der Waals surface area (Å²) in [6, 6.07) is 7.91. The molecule has 2 N–H and O–H groups in total. The number of rotatable bonds is 7. The van der Waals surface area contributed by atoms with Crippen LogP contribution in [0.1, 0.15) is 31.1 Å². The number of amides is 1. The average molecular weight is 396 g/mol. The largest absolute Gasteiger partial charge is 0.494 e. The van der Waals surface area contributed by atoms with Crippen molar-refractivity contribution < 1.29 is 9.53 Å². The third-order valence-corrected chi connectivity index (χ3v) is 5.31.